The largest absolute Gasteiger partial charge is 0.310 e. The third-order valence-electron chi connectivity index (χ3n) is 15.4. The zero-order valence-electron chi connectivity index (χ0n) is 37.6. The van der Waals surface area contributed by atoms with Crippen molar-refractivity contribution in [3.05, 3.63) is 277 Å². The Kier molecular flexibility index (Phi) is 8.02. The van der Waals surface area contributed by atoms with Crippen LogP contribution in [0.2, 0.25) is 0 Å². The highest BCUT2D eigenvalue weighted by atomic mass is 15.1. The van der Waals surface area contributed by atoms with E-state index in [9.17, 15) is 0 Å². The van der Waals surface area contributed by atoms with Crippen LogP contribution in [0.4, 0.5) is 17.1 Å². The highest BCUT2D eigenvalue weighted by Crippen LogP contribution is 2.63. The van der Waals surface area contributed by atoms with Crippen LogP contribution in [0, 0.1) is 0 Å². The van der Waals surface area contributed by atoms with Gasteiger partial charge in [-0.25, -0.2) is 0 Å². The second-order valence-electron chi connectivity index (χ2n) is 18.7. The van der Waals surface area contributed by atoms with Crippen molar-refractivity contribution in [2.75, 3.05) is 4.90 Å². The smallest absolute Gasteiger partial charge is 0.0726 e. The summed E-state index contributed by atoms with van der Waals surface area (Å²) in [5.74, 6) is 0. The van der Waals surface area contributed by atoms with Gasteiger partial charge in [0.15, 0.2) is 0 Å². The molecule has 0 saturated carbocycles. The highest BCUT2D eigenvalue weighted by molar-refractivity contribution is 6.28. The minimum absolute atomic E-state index is 0.434. The number of nitrogens with zero attached hydrogens (tertiary/aromatic N) is 2. The molecule has 0 saturated heterocycles. The van der Waals surface area contributed by atoms with Gasteiger partial charge in [0.25, 0.3) is 0 Å². The zero-order valence-corrected chi connectivity index (χ0v) is 37.6. The van der Waals surface area contributed by atoms with E-state index in [1.165, 1.54) is 110 Å². The Morgan fingerprint density at radius 2 is 0.739 bits per heavy atom. The zero-order chi connectivity index (χ0) is 45.2. The van der Waals surface area contributed by atoms with Gasteiger partial charge < -0.3 is 9.47 Å². The number of anilines is 3. The van der Waals surface area contributed by atoms with Crippen LogP contribution >= 0.6 is 0 Å². The normalized spacial score (nSPS) is 13.0. The molecular weight excluding hydrogens is 833 g/mol. The third-order valence-corrected chi connectivity index (χ3v) is 15.4. The van der Waals surface area contributed by atoms with Gasteiger partial charge in [0.05, 0.1) is 22.1 Å². The fraction of sp³-hybridized carbons (Fsp3) is 0.0149. The van der Waals surface area contributed by atoms with E-state index >= 15 is 0 Å². The monoisotopic (exact) mass is 874 g/mol. The van der Waals surface area contributed by atoms with Gasteiger partial charge in [0, 0.05) is 33.2 Å². The van der Waals surface area contributed by atoms with Crippen LogP contribution in [-0.4, -0.2) is 4.57 Å². The van der Waals surface area contributed by atoms with E-state index in [0.29, 0.717) is 0 Å². The first-order valence-electron chi connectivity index (χ1n) is 24.0. The maximum absolute atomic E-state index is 2.49. The molecule has 2 aliphatic carbocycles. The quantitative estimate of drug-likeness (QED) is 0.167. The number of benzene rings is 12. The molecule has 1 heterocycles. The average molecular weight is 875 g/mol. The summed E-state index contributed by atoms with van der Waals surface area (Å²) in [7, 11) is 0. The topological polar surface area (TPSA) is 8.17 Å². The summed E-state index contributed by atoms with van der Waals surface area (Å²) < 4.78 is 2.44. The fourth-order valence-electron chi connectivity index (χ4n) is 12.5. The van der Waals surface area contributed by atoms with Crippen molar-refractivity contribution in [1.29, 1.82) is 0 Å². The molecule has 2 aliphatic rings. The molecule has 0 bridgehead atoms. The van der Waals surface area contributed by atoms with Crippen molar-refractivity contribution in [3.63, 3.8) is 0 Å². The van der Waals surface area contributed by atoms with Crippen molar-refractivity contribution in [1.82, 2.24) is 4.57 Å². The molecule has 2 heteroatoms. The molecule has 12 aromatic carbocycles. The first kappa shape index (κ1) is 38.2. The van der Waals surface area contributed by atoms with E-state index in [2.05, 4.69) is 264 Å². The van der Waals surface area contributed by atoms with Crippen molar-refractivity contribution in [2.24, 2.45) is 0 Å². The highest BCUT2D eigenvalue weighted by Gasteiger charge is 2.51. The molecule has 13 aromatic rings. The lowest BCUT2D eigenvalue weighted by Gasteiger charge is -2.32. The minimum atomic E-state index is -0.434. The summed E-state index contributed by atoms with van der Waals surface area (Å²) in [4.78, 5) is 2.47. The summed E-state index contributed by atoms with van der Waals surface area (Å²) in [6.07, 6.45) is 0. The van der Waals surface area contributed by atoms with Gasteiger partial charge in [-0.3, -0.25) is 0 Å². The lowest BCUT2D eigenvalue weighted by atomic mass is 9.70. The lowest BCUT2D eigenvalue weighted by Crippen LogP contribution is -2.26. The fourth-order valence-corrected chi connectivity index (χ4v) is 12.5. The summed E-state index contributed by atoms with van der Waals surface area (Å²) in [5.41, 5.74) is 19.5. The molecule has 0 fully saturated rings. The molecular formula is C67H42N2. The molecule has 69 heavy (non-hydrogen) atoms. The summed E-state index contributed by atoms with van der Waals surface area (Å²) in [5, 5.41) is 10.1. The van der Waals surface area contributed by atoms with Gasteiger partial charge in [-0.1, -0.05) is 200 Å². The summed E-state index contributed by atoms with van der Waals surface area (Å²) in [6, 6.07) is 94.8. The lowest BCUT2D eigenvalue weighted by molar-refractivity contribution is 0.793. The Bertz CT molecular complexity index is 4090. The van der Waals surface area contributed by atoms with Crippen LogP contribution in [0.15, 0.2) is 255 Å². The molecule has 1 spiro atoms. The summed E-state index contributed by atoms with van der Waals surface area (Å²) >= 11 is 0. The first-order valence-corrected chi connectivity index (χ1v) is 24.0. The van der Waals surface area contributed by atoms with Crippen LogP contribution in [0.25, 0.3) is 93.2 Å². The van der Waals surface area contributed by atoms with Crippen molar-refractivity contribution in [3.8, 4) is 39.1 Å². The maximum atomic E-state index is 2.49. The van der Waals surface area contributed by atoms with Crippen LogP contribution in [0.1, 0.15) is 22.3 Å². The SMILES string of the molecule is c1ccc2c(c1)-c1ccccc1C21c2ccccc2-c2ccc(N(c3ccc(-c4ccc(-n5c6ccc7ccccc7c6c6c7ccccc7ccc65)cc4)cc3)c3cccc4ccccc34)cc21. The molecule has 0 aliphatic heterocycles. The van der Waals surface area contributed by atoms with Gasteiger partial charge in [0.1, 0.15) is 0 Å². The molecule has 0 unspecified atom stereocenters. The molecule has 1 aromatic heterocycles. The number of aromatic nitrogens is 1. The Morgan fingerprint density at radius 1 is 0.304 bits per heavy atom. The van der Waals surface area contributed by atoms with Gasteiger partial charge in [0.2, 0.25) is 0 Å². The van der Waals surface area contributed by atoms with E-state index in [-0.39, 0.29) is 0 Å². The minimum Gasteiger partial charge on any atom is -0.310 e. The molecule has 0 N–H and O–H groups in total. The van der Waals surface area contributed by atoms with E-state index in [4.69, 9.17) is 0 Å². The van der Waals surface area contributed by atoms with Crippen LogP contribution in [-0.2, 0) is 5.41 Å². The first-order chi connectivity index (χ1) is 34.2. The van der Waals surface area contributed by atoms with Gasteiger partial charge in [-0.15, -0.1) is 0 Å². The van der Waals surface area contributed by atoms with Crippen LogP contribution < -0.4 is 4.90 Å². The number of hydrogen-bond donors (Lipinski definition) is 0. The van der Waals surface area contributed by atoms with Crippen LogP contribution in [0.3, 0.4) is 0 Å². The molecule has 320 valence electrons. The maximum Gasteiger partial charge on any atom is 0.0726 e. The Hall–Kier alpha value is -8.98. The van der Waals surface area contributed by atoms with Gasteiger partial charge in [-0.05, 0) is 137 Å². The number of hydrogen-bond acceptors (Lipinski definition) is 1. The molecule has 2 nitrogen and oxygen atoms in total. The van der Waals surface area contributed by atoms with Gasteiger partial charge >= 0.3 is 0 Å². The second kappa shape index (κ2) is 14.5. The van der Waals surface area contributed by atoms with Crippen LogP contribution in [0.5, 0.6) is 0 Å². The summed E-state index contributed by atoms with van der Waals surface area (Å²) in [6.45, 7) is 0. The average Bonchev–Trinajstić information content (AvgIpc) is 4.04. The van der Waals surface area contributed by atoms with Gasteiger partial charge in [-0.2, -0.15) is 0 Å². The van der Waals surface area contributed by atoms with E-state index in [0.717, 1.165) is 22.7 Å². The third kappa shape index (κ3) is 5.31. The Balaban J connectivity index is 0.869. The Labute approximate surface area is 400 Å². The number of fused-ring (bicyclic) bond motifs is 18. The Morgan fingerprint density at radius 3 is 1.30 bits per heavy atom. The second-order valence-corrected chi connectivity index (χ2v) is 18.7. The van der Waals surface area contributed by atoms with E-state index in [1.54, 1.807) is 0 Å². The van der Waals surface area contributed by atoms with E-state index in [1.807, 2.05) is 0 Å². The standard InChI is InChI=1S/C67H42N2/c1-4-18-51-45(14-1)17-13-27-62(51)68(50-38-39-57-56-23-9-12-26-60(56)67(61(57)42-50)58-24-10-7-21-54(58)55-22-8-11-25-59(55)67)48-34-28-43(29-35-48)44-30-36-49(37-31-44)69-63-40-32-46-15-2-5-19-52(46)65(63)66-53-20-6-3-16-47(53)33-41-64(66)69/h1-42H. The predicted molar refractivity (Wildman–Crippen MR) is 290 cm³/mol. The molecule has 0 amide bonds. The number of rotatable bonds is 5. The van der Waals surface area contributed by atoms with Crippen molar-refractivity contribution in [2.45, 2.75) is 5.41 Å². The predicted octanol–water partition coefficient (Wildman–Crippen LogP) is 17.7. The van der Waals surface area contributed by atoms with Crippen molar-refractivity contribution >= 4 is 71.2 Å². The molecule has 0 radical (unpaired) electrons. The van der Waals surface area contributed by atoms with E-state index < -0.39 is 5.41 Å². The van der Waals surface area contributed by atoms with Crippen molar-refractivity contribution < 1.29 is 0 Å². The molecule has 0 atom stereocenters. The molecule has 15 rings (SSSR count).